The van der Waals surface area contributed by atoms with Crippen LogP contribution in [0, 0.1) is 0 Å². The number of halogens is 2. The number of aromatic nitrogens is 1. The van der Waals surface area contributed by atoms with Gasteiger partial charge in [-0.25, -0.2) is 4.79 Å². The van der Waals surface area contributed by atoms with Gasteiger partial charge in [0.05, 0.1) is 11.6 Å². The standard InChI is InChI=1S/C8H8Cl2N2O4/c9-3-1-4(12-6(3)10)7(14)11-2-5(13)8(15)16/h1,5,12-13H,2H2,(H,11,14)(H,15,16). The topological polar surface area (TPSA) is 102 Å². The normalized spacial score (nSPS) is 12.2. The number of carboxylic acids is 1. The van der Waals surface area contributed by atoms with Crippen molar-refractivity contribution < 1.29 is 19.8 Å². The third-order valence-electron chi connectivity index (χ3n) is 1.71. The Bertz CT molecular complexity index is 399. The van der Waals surface area contributed by atoms with Crippen molar-refractivity contribution in [2.24, 2.45) is 0 Å². The van der Waals surface area contributed by atoms with Crippen LogP contribution in [-0.4, -0.2) is 39.7 Å². The van der Waals surface area contributed by atoms with Crippen LogP contribution in [0.2, 0.25) is 10.2 Å². The van der Waals surface area contributed by atoms with Crippen LogP contribution >= 0.6 is 23.2 Å². The number of nitrogens with one attached hydrogen (secondary N) is 2. The highest BCUT2D eigenvalue weighted by molar-refractivity contribution is 6.41. The van der Waals surface area contributed by atoms with Crippen molar-refractivity contribution in [2.75, 3.05) is 6.54 Å². The molecule has 1 amide bonds. The van der Waals surface area contributed by atoms with Gasteiger partial charge in [0.1, 0.15) is 10.8 Å². The van der Waals surface area contributed by atoms with Gasteiger partial charge in [-0.1, -0.05) is 23.2 Å². The van der Waals surface area contributed by atoms with E-state index in [1.54, 1.807) is 0 Å². The summed E-state index contributed by atoms with van der Waals surface area (Å²) in [5.74, 6) is -2.02. The maximum Gasteiger partial charge on any atom is 0.334 e. The summed E-state index contributed by atoms with van der Waals surface area (Å²) < 4.78 is 0. The van der Waals surface area contributed by atoms with Crippen molar-refractivity contribution in [1.29, 1.82) is 0 Å². The Hall–Kier alpha value is -1.24. The first kappa shape index (κ1) is 12.8. The fraction of sp³-hybridized carbons (Fsp3) is 0.250. The first-order chi connectivity index (χ1) is 7.41. The molecule has 0 fully saturated rings. The van der Waals surface area contributed by atoms with E-state index in [1.807, 2.05) is 0 Å². The molecule has 4 N–H and O–H groups in total. The highest BCUT2D eigenvalue weighted by atomic mass is 35.5. The van der Waals surface area contributed by atoms with Gasteiger partial charge in [0.15, 0.2) is 6.10 Å². The SMILES string of the molecule is O=C(NCC(O)C(=O)O)c1cc(Cl)c(Cl)[nH]1. The Morgan fingerprint density at radius 3 is 2.56 bits per heavy atom. The molecular formula is C8H8Cl2N2O4. The van der Waals surface area contributed by atoms with Crippen molar-refractivity contribution in [3.63, 3.8) is 0 Å². The van der Waals surface area contributed by atoms with Gasteiger partial charge >= 0.3 is 5.97 Å². The largest absolute Gasteiger partial charge is 0.479 e. The number of rotatable bonds is 4. The Labute approximate surface area is 100 Å². The molecule has 0 aliphatic heterocycles. The summed E-state index contributed by atoms with van der Waals surface area (Å²) in [5.41, 5.74) is 0.0904. The van der Waals surface area contributed by atoms with Gasteiger partial charge in [0, 0.05) is 0 Å². The van der Waals surface area contributed by atoms with Crippen molar-refractivity contribution >= 4 is 35.1 Å². The van der Waals surface area contributed by atoms with Crippen molar-refractivity contribution in [2.45, 2.75) is 6.10 Å². The number of aromatic amines is 1. The van der Waals surface area contributed by atoms with Crippen LogP contribution in [0.3, 0.4) is 0 Å². The summed E-state index contributed by atoms with van der Waals surface area (Å²) in [5, 5.41) is 19.8. The van der Waals surface area contributed by atoms with E-state index in [0.29, 0.717) is 0 Å². The van der Waals surface area contributed by atoms with E-state index in [4.69, 9.17) is 33.4 Å². The monoisotopic (exact) mass is 266 g/mol. The molecule has 1 unspecified atom stereocenters. The Morgan fingerprint density at radius 2 is 2.12 bits per heavy atom. The van der Waals surface area contributed by atoms with Crippen LogP contribution < -0.4 is 5.32 Å². The fourth-order valence-electron chi connectivity index (χ4n) is 0.898. The lowest BCUT2D eigenvalue weighted by molar-refractivity contribution is -0.146. The molecular weight excluding hydrogens is 259 g/mol. The molecule has 1 aromatic heterocycles. The van der Waals surface area contributed by atoms with Crippen molar-refractivity contribution in [1.82, 2.24) is 10.3 Å². The van der Waals surface area contributed by atoms with E-state index in [2.05, 4.69) is 10.3 Å². The number of aliphatic hydroxyl groups is 1. The predicted molar refractivity (Wildman–Crippen MR) is 56.8 cm³/mol. The zero-order valence-corrected chi connectivity index (χ0v) is 9.34. The molecule has 1 atom stereocenters. The van der Waals surface area contributed by atoms with Crippen LogP contribution in [-0.2, 0) is 4.79 Å². The minimum atomic E-state index is -1.65. The predicted octanol–water partition coefficient (Wildman–Crippen LogP) is 0.497. The number of carbonyl (C=O) groups is 2. The smallest absolute Gasteiger partial charge is 0.334 e. The second-order valence-electron chi connectivity index (χ2n) is 2.91. The second kappa shape index (κ2) is 5.20. The summed E-state index contributed by atoms with van der Waals surface area (Å²) in [6.07, 6.45) is -1.65. The molecule has 0 bridgehead atoms. The first-order valence-electron chi connectivity index (χ1n) is 4.15. The van der Waals surface area contributed by atoms with E-state index in [-0.39, 0.29) is 15.9 Å². The van der Waals surface area contributed by atoms with E-state index in [0.717, 1.165) is 0 Å². The fourth-order valence-corrected chi connectivity index (χ4v) is 1.21. The van der Waals surface area contributed by atoms with Gasteiger partial charge in [0.2, 0.25) is 0 Å². The Morgan fingerprint density at radius 1 is 1.50 bits per heavy atom. The highest BCUT2D eigenvalue weighted by Crippen LogP contribution is 2.21. The second-order valence-corrected chi connectivity index (χ2v) is 3.69. The minimum absolute atomic E-state index is 0.0904. The van der Waals surface area contributed by atoms with E-state index >= 15 is 0 Å². The molecule has 0 aliphatic carbocycles. The molecule has 1 rings (SSSR count). The number of hydrogen-bond acceptors (Lipinski definition) is 3. The summed E-state index contributed by atoms with van der Waals surface area (Å²) >= 11 is 11.2. The summed E-state index contributed by atoms with van der Waals surface area (Å²) in [4.78, 5) is 24.1. The molecule has 1 aromatic rings. The van der Waals surface area contributed by atoms with Crippen LogP contribution in [0.15, 0.2) is 6.07 Å². The van der Waals surface area contributed by atoms with E-state index in [1.165, 1.54) is 6.07 Å². The molecule has 0 spiro atoms. The molecule has 8 heteroatoms. The number of H-pyrrole nitrogens is 1. The van der Waals surface area contributed by atoms with Gasteiger partial charge < -0.3 is 20.5 Å². The lowest BCUT2D eigenvalue weighted by Crippen LogP contribution is -2.36. The van der Waals surface area contributed by atoms with Crippen molar-refractivity contribution in [3.8, 4) is 0 Å². The minimum Gasteiger partial charge on any atom is -0.479 e. The van der Waals surface area contributed by atoms with Crippen LogP contribution in [0.1, 0.15) is 10.5 Å². The molecule has 0 saturated heterocycles. The van der Waals surface area contributed by atoms with Gasteiger partial charge in [-0.3, -0.25) is 4.79 Å². The van der Waals surface area contributed by atoms with Gasteiger partial charge in [-0.15, -0.1) is 0 Å². The third-order valence-corrected chi connectivity index (χ3v) is 2.40. The number of carbonyl (C=O) groups excluding carboxylic acids is 1. The zero-order chi connectivity index (χ0) is 12.3. The first-order valence-corrected chi connectivity index (χ1v) is 4.90. The summed E-state index contributed by atoms with van der Waals surface area (Å²) in [6.45, 7) is -0.400. The molecule has 0 saturated carbocycles. The van der Waals surface area contributed by atoms with Crippen LogP contribution in [0.25, 0.3) is 0 Å². The van der Waals surface area contributed by atoms with Gasteiger partial charge in [-0.05, 0) is 6.07 Å². The quantitative estimate of drug-likeness (QED) is 0.637. The van der Waals surface area contributed by atoms with Gasteiger partial charge in [0.25, 0.3) is 5.91 Å². The highest BCUT2D eigenvalue weighted by Gasteiger charge is 2.16. The number of aliphatic carboxylic acids is 1. The third kappa shape index (κ3) is 3.13. The molecule has 1 heterocycles. The zero-order valence-electron chi connectivity index (χ0n) is 7.83. The summed E-state index contributed by atoms with van der Waals surface area (Å²) in [6, 6.07) is 1.30. The Balaban J connectivity index is 2.56. The molecule has 0 aromatic carbocycles. The van der Waals surface area contributed by atoms with E-state index in [9.17, 15) is 9.59 Å². The molecule has 16 heavy (non-hydrogen) atoms. The number of carboxylic acid groups (broad SMARTS) is 1. The lowest BCUT2D eigenvalue weighted by atomic mass is 10.3. The van der Waals surface area contributed by atoms with Crippen molar-refractivity contribution in [3.05, 3.63) is 21.9 Å². The average molecular weight is 267 g/mol. The number of hydrogen-bond donors (Lipinski definition) is 4. The van der Waals surface area contributed by atoms with Gasteiger partial charge in [-0.2, -0.15) is 0 Å². The molecule has 0 radical (unpaired) electrons. The lowest BCUT2D eigenvalue weighted by Gasteiger charge is -2.06. The average Bonchev–Trinajstić information content (AvgIpc) is 2.55. The maximum atomic E-state index is 11.4. The molecule has 0 aliphatic rings. The summed E-state index contributed by atoms with van der Waals surface area (Å²) in [7, 11) is 0. The Kier molecular flexibility index (Phi) is 4.17. The number of amides is 1. The number of aliphatic hydroxyl groups excluding tert-OH is 1. The van der Waals surface area contributed by atoms with E-state index < -0.39 is 24.5 Å². The molecule has 88 valence electrons. The van der Waals surface area contributed by atoms with Crippen LogP contribution in [0.4, 0.5) is 0 Å². The molecule has 6 nitrogen and oxygen atoms in total. The maximum absolute atomic E-state index is 11.4. The van der Waals surface area contributed by atoms with Crippen LogP contribution in [0.5, 0.6) is 0 Å².